The number of hydrogen-bond donors (Lipinski definition) is 1. The molecule has 0 spiro atoms. The molecule has 1 aromatic carbocycles. The number of nitrogens with one attached hydrogen (secondary N) is 1. The van der Waals surface area contributed by atoms with Gasteiger partial charge >= 0.3 is 0 Å². The lowest BCUT2D eigenvalue weighted by molar-refractivity contribution is 0.173. The van der Waals surface area contributed by atoms with Gasteiger partial charge in [0.2, 0.25) is 6.79 Å². The van der Waals surface area contributed by atoms with Crippen LogP contribution in [0.4, 0.5) is 0 Å². The third-order valence-corrected chi connectivity index (χ3v) is 3.38. The van der Waals surface area contributed by atoms with E-state index in [1.54, 1.807) is 7.11 Å². The summed E-state index contributed by atoms with van der Waals surface area (Å²) in [4.78, 5) is 0. The molecular weight excluding hydrogens is 270 g/mol. The third-order valence-electron chi connectivity index (χ3n) is 3.38. The highest BCUT2D eigenvalue weighted by Crippen LogP contribution is 2.38. The lowest BCUT2D eigenvalue weighted by Crippen LogP contribution is -2.20. The van der Waals surface area contributed by atoms with E-state index < -0.39 is 0 Å². The van der Waals surface area contributed by atoms with Crippen LogP contribution in [0.5, 0.6) is 17.2 Å². The largest absolute Gasteiger partial charge is 0.490 e. The number of rotatable bonds is 9. The molecule has 1 N–H and O–H groups in total. The average molecular weight is 295 g/mol. The highest BCUT2D eigenvalue weighted by Gasteiger charge is 2.19. The smallest absolute Gasteiger partial charge is 0.231 e. The van der Waals surface area contributed by atoms with Gasteiger partial charge in [0.25, 0.3) is 0 Å². The van der Waals surface area contributed by atoms with Crippen LogP contribution in [0.15, 0.2) is 12.1 Å². The van der Waals surface area contributed by atoms with Crippen molar-refractivity contribution in [3.63, 3.8) is 0 Å². The summed E-state index contributed by atoms with van der Waals surface area (Å²) in [5, 5.41) is 3.34. The fourth-order valence-corrected chi connectivity index (χ4v) is 2.29. The maximum Gasteiger partial charge on any atom is 0.231 e. The lowest BCUT2D eigenvalue weighted by atomic mass is 10.1. The summed E-state index contributed by atoms with van der Waals surface area (Å²) in [6, 6.07) is 3.93. The Balaban J connectivity index is 2.07. The normalized spacial score (nSPS) is 14.2. The van der Waals surface area contributed by atoms with Gasteiger partial charge in [-0.15, -0.1) is 0 Å². The van der Waals surface area contributed by atoms with Crippen LogP contribution in [0, 0.1) is 0 Å². The first-order chi connectivity index (χ1) is 10.2. The summed E-state index contributed by atoms with van der Waals surface area (Å²) in [5.74, 6) is 2.41. The zero-order chi connectivity index (χ0) is 15.1. The first-order valence-corrected chi connectivity index (χ1v) is 7.53. The number of fused-ring (bicyclic) bond motifs is 1. The minimum atomic E-state index is 0.188. The molecule has 1 heterocycles. The average Bonchev–Trinajstić information content (AvgIpc) is 2.91. The summed E-state index contributed by atoms with van der Waals surface area (Å²) < 4.78 is 22.0. The van der Waals surface area contributed by atoms with Crippen LogP contribution in [0.2, 0.25) is 0 Å². The Morgan fingerprint density at radius 3 is 2.76 bits per heavy atom. The van der Waals surface area contributed by atoms with Crippen molar-refractivity contribution < 1.29 is 18.9 Å². The Labute approximate surface area is 126 Å². The highest BCUT2D eigenvalue weighted by molar-refractivity contribution is 5.51. The molecule has 0 radical (unpaired) electrons. The minimum absolute atomic E-state index is 0.188. The van der Waals surface area contributed by atoms with E-state index in [-0.39, 0.29) is 12.9 Å². The van der Waals surface area contributed by atoms with Gasteiger partial charge in [-0.1, -0.05) is 13.3 Å². The fourth-order valence-electron chi connectivity index (χ4n) is 2.29. The summed E-state index contributed by atoms with van der Waals surface area (Å²) >= 11 is 0. The predicted octanol–water partition coefficient (Wildman–Crippen LogP) is 2.72. The van der Waals surface area contributed by atoms with Crippen molar-refractivity contribution in [1.82, 2.24) is 5.32 Å². The van der Waals surface area contributed by atoms with Gasteiger partial charge in [0, 0.05) is 31.8 Å². The van der Waals surface area contributed by atoms with Gasteiger partial charge in [-0.05, 0) is 19.4 Å². The molecule has 0 bridgehead atoms. The Kier molecular flexibility index (Phi) is 6.14. The molecule has 1 atom stereocenters. The second-order valence-electron chi connectivity index (χ2n) is 5.20. The first-order valence-electron chi connectivity index (χ1n) is 7.53. The van der Waals surface area contributed by atoms with Crippen molar-refractivity contribution in [2.75, 3.05) is 27.1 Å². The number of benzene rings is 1. The summed E-state index contributed by atoms with van der Waals surface area (Å²) in [6.45, 7) is 6.73. The summed E-state index contributed by atoms with van der Waals surface area (Å²) in [5.41, 5.74) is 1.08. The Hall–Kier alpha value is -1.46. The SMILES string of the molecule is CCCC(C)Oc1cc2c(cc1CNCCOC)OCO2. The lowest BCUT2D eigenvalue weighted by Gasteiger charge is -2.18. The molecule has 0 aliphatic carbocycles. The molecule has 5 nitrogen and oxygen atoms in total. The molecule has 2 rings (SSSR count). The maximum absolute atomic E-state index is 6.06. The van der Waals surface area contributed by atoms with E-state index in [2.05, 4.69) is 19.2 Å². The molecule has 1 aromatic rings. The molecule has 21 heavy (non-hydrogen) atoms. The molecular formula is C16H25NO4. The van der Waals surface area contributed by atoms with Crippen LogP contribution in [-0.2, 0) is 11.3 Å². The van der Waals surface area contributed by atoms with Crippen LogP contribution in [0.1, 0.15) is 32.3 Å². The van der Waals surface area contributed by atoms with Crippen LogP contribution in [-0.4, -0.2) is 33.2 Å². The van der Waals surface area contributed by atoms with E-state index in [1.165, 1.54) is 0 Å². The summed E-state index contributed by atoms with van der Waals surface area (Å²) in [6.07, 6.45) is 2.33. The molecule has 5 heteroatoms. The van der Waals surface area contributed by atoms with Gasteiger partial charge in [0.15, 0.2) is 11.5 Å². The standard InChI is InChI=1S/C16H25NO4/c1-4-5-12(2)21-14-9-16-15(19-11-20-16)8-13(14)10-17-6-7-18-3/h8-9,12,17H,4-7,10-11H2,1-3H3. The van der Waals surface area contributed by atoms with E-state index in [4.69, 9.17) is 18.9 Å². The highest BCUT2D eigenvalue weighted by atomic mass is 16.7. The molecule has 1 unspecified atom stereocenters. The maximum atomic E-state index is 6.06. The monoisotopic (exact) mass is 295 g/mol. The quantitative estimate of drug-likeness (QED) is 0.710. The van der Waals surface area contributed by atoms with Gasteiger partial charge in [0.1, 0.15) is 5.75 Å². The van der Waals surface area contributed by atoms with Crippen molar-refractivity contribution >= 4 is 0 Å². The van der Waals surface area contributed by atoms with Gasteiger partial charge in [0.05, 0.1) is 12.7 Å². The Morgan fingerprint density at radius 1 is 1.29 bits per heavy atom. The topological polar surface area (TPSA) is 49.0 Å². The van der Waals surface area contributed by atoms with Gasteiger partial charge in [-0.25, -0.2) is 0 Å². The second kappa shape index (κ2) is 8.10. The van der Waals surface area contributed by atoms with E-state index in [0.29, 0.717) is 13.2 Å². The zero-order valence-electron chi connectivity index (χ0n) is 13.1. The number of methoxy groups -OCH3 is 1. The molecule has 1 aliphatic rings. The van der Waals surface area contributed by atoms with E-state index in [1.807, 2.05) is 12.1 Å². The third kappa shape index (κ3) is 4.51. The molecule has 0 fully saturated rings. The molecule has 0 aromatic heterocycles. The van der Waals surface area contributed by atoms with E-state index >= 15 is 0 Å². The first kappa shape index (κ1) is 15.9. The van der Waals surface area contributed by atoms with Crippen LogP contribution in [0.3, 0.4) is 0 Å². The molecule has 1 aliphatic heterocycles. The second-order valence-corrected chi connectivity index (χ2v) is 5.20. The molecule has 118 valence electrons. The van der Waals surface area contributed by atoms with Gasteiger partial charge in [-0.3, -0.25) is 0 Å². The van der Waals surface area contributed by atoms with E-state index in [9.17, 15) is 0 Å². The zero-order valence-corrected chi connectivity index (χ0v) is 13.1. The van der Waals surface area contributed by atoms with Crippen molar-refractivity contribution in [2.24, 2.45) is 0 Å². The van der Waals surface area contributed by atoms with Gasteiger partial charge in [-0.2, -0.15) is 0 Å². The van der Waals surface area contributed by atoms with Crippen LogP contribution >= 0.6 is 0 Å². The molecule has 0 saturated heterocycles. The summed E-state index contributed by atoms with van der Waals surface area (Å²) in [7, 11) is 1.70. The van der Waals surface area contributed by atoms with Crippen LogP contribution in [0.25, 0.3) is 0 Å². The van der Waals surface area contributed by atoms with E-state index in [0.717, 1.165) is 42.2 Å². The van der Waals surface area contributed by atoms with Crippen molar-refractivity contribution in [2.45, 2.75) is 39.3 Å². The van der Waals surface area contributed by atoms with Crippen LogP contribution < -0.4 is 19.5 Å². The number of hydrogen-bond acceptors (Lipinski definition) is 5. The number of ether oxygens (including phenoxy) is 4. The minimum Gasteiger partial charge on any atom is -0.490 e. The fraction of sp³-hybridized carbons (Fsp3) is 0.625. The Morgan fingerprint density at radius 2 is 2.05 bits per heavy atom. The van der Waals surface area contributed by atoms with Gasteiger partial charge < -0.3 is 24.3 Å². The van der Waals surface area contributed by atoms with Crippen molar-refractivity contribution in [1.29, 1.82) is 0 Å². The predicted molar refractivity (Wildman–Crippen MR) is 81.1 cm³/mol. The molecule has 0 saturated carbocycles. The van der Waals surface area contributed by atoms with Crippen molar-refractivity contribution in [3.05, 3.63) is 17.7 Å². The Bertz CT molecular complexity index is 450. The van der Waals surface area contributed by atoms with Crippen molar-refractivity contribution in [3.8, 4) is 17.2 Å². The molecule has 0 amide bonds.